The summed E-state index contributed by atoms with van der Waals surface area (Å²) < 4.78 is 7.09. The van der Waals surface area contributed by atoms with E-state index in [9.17, 15) is 4.79 Å². The van der Waals surface area contributed by atoms with E-state index in [0.29, 0.717) is 17.2 Å². The van der Waals surface area contributed by atoms with Crippen LogP contribution in [-0.2, 0) is 10.2 Å². The molecule has 156 valence electrons. The first-order chi connectivity index (χ1) is 14.4. The molecule has 1 aliphatic rings. The van der Waals surface area contributed by atoms with Crippen molar-refractivity contribution in [3.05, 3.63) is 66.0 Å². The zero-order valence-electron chi connectivity index (χ0n) is 17.6. The number of nitrogens with zero attached hydrogens (tertiary/aromatic N) is 4. The highest BCUT2D eigenvalue weighted by molar-refractivity contribution is 6.04. The lowest BCUT2D eigenvalue weighted by Crippen LogP contribution is -2.36. The van der Waals surface area contributed by atoms with Crippen LogP contribution in [0, 0.1) is 0 Å². The third-order valence-electron chi connectivity index (χ3n) is 5.09. The Bertz CT molecular complexity index is 1000. The van der Waals surface area contributed by atoms with Crippen molar-refractivity contribution >= 4 is 17.4 Å². The van der Waals surface area contributed by atoms with Gasteiger partial charge in [0.25, 0.3) is 5.91 Å². The number of carbonyl (C=O) groups excluding carboxylic acids is 1. The van der Waals surface area contributed by atoms with Crippen LogP contribution in [0.2, 0.25) is 0 Å². The Kier molecular flexibility index (Phi) is 5.55. The third kappa shape index (κ3) is 4.36. The van der Waals surface area contributed by atoms with Crippen molar-refractivity contribution < 1.29 is 9.53 Å². The molecule has 0 aliphatic carbocycles. The Labute approximate surface area is 176 Å². The predicted molar refractivity (Wildman–Crippen MR) is 117 cm³/mol. The summed E-state index contributed by atoms with van der Waals surface area (Å²) in [5, 5.41) is 7.70. The maximum Gasteiger partial charge on any atom is 0.256 e. The first-order valence-corrected chi connectivity index (χ1v) is 10.2. The number of amides is 1. The number of anilines is 2. The molecule has 30 heavy (non-hydrogen) atoms. The lowest BCUT2D eigenvalue weighted by Gasteiger charge is -2.28. The summed E-state index contributed by atoms with van der Waals surface area (Å²) in [6.07, 6.45) is 1.71. The zero-order chi connectivity index (χ0) is 21.1. The molecule has 0 radical (unpaired) electrons. The number of pyridine rings is 1. The van der Waals surface area contributed by atoms with Crippen LogP contribution in [0.3, 0.4) is 0 Å². The molecular weight excluding hydrogens is 378 g/mol. The Morgan fingerprint density at radius 1 is 1.07 bits per heavy atom. The Morgan fingerprint density at radius 2 is 1.80 bits per heavy atom. The largest absolute Gasteiger partial charge is 0.378 e. The average molecular weight is 406 g/mol. The fourth-order valence-corrected chi connectivity index (χ4v) is 3.32. The van der Waals surface area contributed by atoms with Gasteiger partial charge in [-0.25, -0.2) is 4.98 Å². The molecular formula is C23H27N5O2. The molecule has 1 saturated heterocycles. The highest BCUT2D eigenvalue weighted by atomic mass is 16.5. The standard InChI is InChI=1S/C23H27N5O2/c1-23(2,3)19-16-21(28(26-19)20-6-4-5-11-24-20)25-22(29)17-7-9-18(10-8-17)27-12-14-30-15-13-27/h4-11,16H,12-15H2,1-3H3,(H,25,29). The monoisotopic (exact) mass is 405 g/mol. The molecule has 1 fully saturated rings. The SMILES string of the molecule is CC(C)(C)c1cc(NC(=O)c2ccc(N3CCOCC3)cc2)n(-c2ccccn2)n1. The second-order valence-corrected chi connectivity index (χ2v) is 8.36. The van der Waals surface area contributed by atoms with Gasteiger partial charge in [0.05, 0.1) is 18.9 Å². The molecule has 1 aromatic carbocycles. The Balaban J connectivity index is 1.57. The molecule has 0 unspecified atom stereocenters. The van der Waals surface area contributed by atoms with Gasteiger partial charge in [-0.05, 0) is 36.4 Å². The number of carbonyl (C=O) groups is 1. The molecule has 7 nitrogen and oxygen atoms in total. The molecule has 3 heterocycles. The molecule has 2 aromatic heterocycles. The van der Waals surface area contributed by atoms with Crippen molar-refractivity contribution in [2.45, 2.75) is 26.2 Å². The molecule has 1 amide bonds. The highest BCUT2D eigenvalue weighted by Crippen LogP contribution is 2.26. The lowest BCUT2D eigenvalue weighted by atomic mass is 9.92. The van der Waals surface area contributed by atoms with Crippen LogP contribution in [0.4, 0.5) is 11.5 Å². The molecule has 7 heteroatoms. The minimum Gasteiger partial charge on any atom is -0.378 e. The van der Waals surface area contributed by atoms with E-state index in [1.54, 1.807) is 10.9 Å². The van der Waals surface area contributed by atoms with Crippen molar-refractivity contribution in [3.8, 4) is 5.82 Å². The quantitative estimate of drug-likeness (QED) is 0.717. The maximum absolute atomic E-state index is 12.9. The van der Waals surface area contributed by atoms with Gasteiger partial charge in [-0.3, -0.25) is 4.79 Å². The first kappa shape index (κ1) is 20.1. The second-order valence-electron chi connectivity index (χ2n) is 8.36. The maximum atomic E-state index is 12.9. The van der Waals surface area contributed by atoms with E-state index in [1.807, 2.05) is 48.5 Å². The van der Waals surface area contributed by atoms with Crippen molar-refractivity contribution in [2.75, 3.05) is 36.5 Å². The van der Waals surface area contributed by atoms with Gasteiger partial charge in [0, 0.05) is 42.0 Å². The van der Waals surface area contributed by atoms with E-state index in [0.717, 1.165) is 37.7 Å². The zero-order valence-corrected chi connectivity index (χ0v) is 17.6. The summed E-state index contributed by atoms with van der Waals surface area (Å²) in [4.78, 5) is 19.6. The predicted octanol–water partition coefficient (Wildman–Crippen LogP) is 3.65. The number of aromatic nitrogens is 3. The minimum atomic E-state index is -0.180. The smallest absolute Gasteiger partial charge is 0.256 e. The van der Waals surface area contributed by atoms with Crippen LogP contribution < -0.4 is 10.2 Å². The van der Waals surface area contributed by atoms with Crippen molar-refractivity contribution in [2.24, 2.45) is 0 Å². The molecule has 0 bridgehead atoms. The number of rotatable bonds is 4. The summed E-state index contributed by atoms with van der Waals surface area (Å²) in [7, 11) is 0. The normalized spacial score (nSPS) is 14.6. The number of benzene rings is 1. The van der Waals surface area contributed by atoms with E-state index in [4.69, 9.17) is 9.84 Å². The number of morpholine rings is 1. The van der Waals surface area contributed by atoms with Crippen LogP contribution in [0.1, 0.15) is 36.8 Å². The number of hydrogen-bond donors (Lipinski definition) is 1. The number of ether oxygens (including phenoxy) is 1. The molecule has 0 saturated carbocycles. The molecule has 0 spiro atoms. The van der Waals surface area contributed by atoms with Gasteiger partial charge in [0.15, 0.2) is 5.82 Å². The number of hydrogen-bond acceptors (Lipinski definition) is 5. The van der Waals surface area contributed by atoms with Crippen LogP contribution in [-0.4, -0.2) is 47.0 Å². The molecule has 0 atom stereocenters. The van der Waals surface area contributed by atoms with E-state index < -0.39 is 0 Å². The van der Waals surface area contributed by atoms with Crippen LogP contribution >= 0.6 is 0 Å². The fourth-order valence-electron chi connectivity index (χ4n) is 3.32. The summed E-state index contributed by atoms with van der Waals surface area (Å²) in [5.74, 6) is 1.08. The molecule has 4 rings (SSSR count). The van der Waals surface area contributed by atoms with Crippen molar-refractivity contribution in [3.63, 3.8) is 0 Å². The van der Waals surface area contributed by atoms with Gasteiger partial charge in [-0.2, -0.15) is 9.78 Å². The van der Waals surface area contributed by atoms with E-state index >= 15 is 0 Å². The highest BCUT2D eigenvalue weighted by Gasteiger charge is 2.22. The molecule has 1 aliphatic heterocycles. The average Bonchev–Trinajstić information content (AvgIpc) is 3.19. The Hall–Kier alpha value is -3.19. The summed E-state index contributed by atoms with van der Waals surface area (Å²) in [6, 6.07) is 15.2. The summed E-state index contributed by atoms with van der Waals surface area (Å²) >= 11 is 0. The van der Waals surface area contributed by atoms with Gasteiger partial charge in [0.2, 0.25) is 0 Å². The third-order valence-corrected chi connectivity index (χ3v) is 5.09. The Morgan fingerprint density at radius 3 is 2.43 bits per heavy atom. The van der Waals surface area contributed by atoms with Crippen LogP contribution in [0.25, 0.3) is 5.82 Å². The van der Waals surface area contributed by atoms with Crippen LogP contribution in [0.5, 0.6) is 0 Å². The van der Waals surface area contributed by atoms with Crippen molar-refractivity contribution in [1.29, 1.82) is 0 Å². The van der Waals surface area contributed by atoms with E-state index in [2.05, 4.69) is 36.0 Å². The second kappa shape index (κ2) is 8.28. The fraction of sp³-hybridized carbons (Fsp3) is 0.348. The topological polar surface area (TPSA) is 72.3 Å². The number of nitrogens with one attached hydrogen (secondary N) is 1. The van der Waals surface area contributed by atoms with Gasteiger partial charge in [0.1, 0.15) is 5.82 Å². The minimum absolute atomic E-state index is 0.153. The van der Waals surface area contributed by atoms with Crippen molar-refractivity contribution in [1.82, 2.24) is 14.8 Å². The first-order valence-electron chi connectivity index (χ1n) is 10.2. The van der Waals surface area contributed by atoms with Gasteiger partial charge in [-0.1, -0.05) is 26.8 Å². The summed E-state index contributed by atoms with van der Waals surface area (Å²) in [6.45, 7) is 9.47. The van der Waals surface area contributed by atoms with E-state index in [-0.39, 0.29) is 11.3 Å². The van der Waals surface area contributed by atoms with Gasteiger partial charge >= 0.3 is 0 Å². The van der Waals surface area contributed by atoms with Gasteiger partial charge in [-0.15, -0.1) is 0 Å². The summed E-state index contributed by atoms with van der Waals surface area (Å²) in [5.41, 5.74) is 2.42. The van der Waals surface area contributed by atoms with E-state index in [1.165, 1.54) is 0 Å². The lowest BCUT2D eigenvalue weighted by molar-refractivity contribution is 0.102. The molecule has 3 aromatic rings. The van der Waals surface area contributed by atoms with Gasteiger partial charge < -0.3 is 15.0 Å². The molecule has 1 N–H and O–H groups in total. The van der Waals surface area contributed by atoms with Crippen LogP contribution in [0.15, 0.2) is 54.7 Å².